The lowest BCUT2D eigenvalue weighted by Gasteiger charge is -2.16. The van der Waals surface area contributed by atoms with Crippen LogP contribution in [0.25, 0.3) is 11.3 Å². The molecule has 90 valence electrons. The van der Waals surface area contributed by atoms with Crippen LogP contribution in [0.15, 0.2) is 18.2 Å². The molecule has 18 heavy (non-hydrogen) atoms. The van der Waals surface area contributed by atoms with Crippen molar-refractivity contribution in [2.24, 2.45) is 0 Å². The molecule has 1 heterocycles. The van der Waals surface area contributed by atoms with Gasteiger partial charge in [-0.2, -0.15) is 5.26 Å². The summed E-state index contributed by atoms with van der Waals surface area (Å²) in [5.41, 5.74) is 5.30. The zero-order valence-corrected chi connectivity index (χ0v) is 10.5. The fourth-order valence-electron chi connectivity index (χ4n) is 2.67. The highest BCUT2D eigenvalue weighted by atomic mass is 14.9. The topological polar surface area (TPSA) is 52.5 Å². The Hall–Kier alpha value is -2.08. The van der Waals surface area contributed by atoms with E-state index in [0.717, 1.165) is 23.5 Å². The van der Waals surface area contributed by atoms with E-state index in [-0.39, 0.29) is 0 Å². The normalized spacial score (nSPS) is 14.0. The summed E-state index contributed by atoms with van der Waals surface area (Å²) in [5, 5.41) is 9.10. The molecule has 2 aromatic rings. The van der Waals surface area contributed by atoms with Gasteiger partial charge in [-0.15, -0.1) is 0 Å². The van der Waals surface area contributed by atoms with Crippen molar-refractivity contribution in [1.29, 1.82) is 5.26 Å². The molecule has 0 spiro atoms. The molecule has 0 fully saturated rings. The van der Waals surface area contributed by atoms with Gasteiger partial charge in [-0.3, -0.25) is 0 Å². The third-order valence-corrected chi connectivity index (χ3v) is 3.57. The monoisotopic (exact) mass is 237 g/mol. The number of imidazole rings is 1. The van der Waals surface area contributed by atoms with Crippen molar-refractivity contribution in [3.63, 3.8) is 0 Å². The zero-order chi connectivity index (χ0) is 12.5. The van der Waals surface area contributed by atoms with Crippen LogP contribution in [0.4, 0.5) is 0 Å². The lowest BCUT2D eigenvalue weighted by molar-refractivity contribution is 0.686. The predicted molar refractivity (Wildman–Crippen MR) is 70.1 cm³/mol. The van der Waals surface area contributed by atoms with Gasteiger partial charge in [0.1, 0.15) is 11.9 Å². The molecule has 1 N–H and O–H groups in total. The van der Waals surface area contributed by atoms with Crippen molar-refractivity contribution >= 4 is 0 Å². The van der Waals surface area contributed by atoms with Gasteiger partial charge >= 0.3 is 0 Å². The third kappa shape index (κ3) is 1.80. The summed E-state index contributed by atoms with van der Waals surface area (Å²) < 4.78 is 0. The number of hydrogen-bond acceptors (Lipinski definition) is 2. The largest absolute Gasteiger partial charge is 0.341 e. The fourth-order valence-corrected chi connectivity index (χ4v) is 2.67. The number of nitriles is 1. The van der Waals surface area contributed by atoms with E-state index in [4.69, 9.17) is 5.26 Å². The van der Waals surface area contributed by atoms with Crippen molar-refractivity contribution in [2.75, 3.05) is 0 Å². The molecule has 1 aromatic heterocycles. The summed E-state index contributed by atoms with van der Waals surface area (Å²) >= 11 is 0. The van der Waals surface area contributed by atoms with Crippen LogP contribution in [-0.2, 0) is 12.8 Å². The minimum absolute atomic E-state index is 0.489. The molecule has 3 rings (SSSR count). The minimum Gasteiger partial charge on any atom is -0.341 e. The number of rotatable bonds is 1. The molecule has 1 aromatic carbocycles. The van der Waals surface area contributed by atoms with Crippen LogP contribution in [0.5, 0.6) is 0 Å². The standard InChI is InChI=1S/C15H15N3/c1-10-17-14(9-16)15(18-10)13-7-6-11-4-2-3-5-12(11)8-13/h6-8H,2-5H2,1H3,(H,17,18). The van der Waals surface area contributed by atoms with Gasteiger partial charge in [-0.1, -0.05) is 12.1 Å². The molecule has 1 aliphatic rings. The maximum atomic E-state index is 9.10. The van der Waals surface area contributed by atoms with Crippen LogP contribution in [-0.4, -0.2) is 9.97 Å². The van der Waals surface area contributed by atoms with Crippen LogP contribution in [0.2, 0.25) is 0 Å². The first-order chi connectivity index (χ1) is 8.78. The molecule has 0 amide bonds. The first-order valence-corrected chi connectivity index (χ1v) is 6.37. The van der Waals surface area contributed by atoms with E-state index in [1.54, 1.807) is 0 Å². The second-order valence-corrected chi connectivity index (χ2v) is 4.85. The van der Waals surface area contributed by atoms with Gasteiger partial charge in [-0.25, -0.2) is 4.98 Å². The van der Waals surface area contributed by atoms with E-state index in [0.29, 0.717) is 5.69 Å². The first-order valence-electron chi connectivity index (χ1n) is 6.37. The number of H-pyrrole nitrogens is 1. The summed E-state index contributed by atoms with van der Waals surface area (Å²) in [7, 11) is 0. The number of nitrogens with zero attached hydrogens (tertiary/aromatic N) is 2. The summed E-state index contributed by atoms with van der Waals surface area (Å²) in [5.74, 6) is 0.791. The number of aryl methyl sites for hydroxylation is 3. The molecule has 0 unspecified atom stereocenters. The SMILES string of the molecule is Cc1nc(C#N)c(-c2ccc3c(c2)CCCC3)[nH]1. The Balaban J connectivity index is 2.09. The maximum Gasteiger partial charge on any atom is 0.166 e. The van der Waals surface area contributed by atoms with Crippen LogP contribution in [0, 0.1) is 18.3 Å². The van der Waals surface area contributed by atoms with Crippen LogP contribution in [0.3, 0.4) is 0 Å². The molecule has 0 radical (unpaired) electrons. The van der Waals surface area contributed by atoms with E-state index in [1.807, 2.05) is 6.92 Å². The van der Waals surface area contributed by atoms with Crippen molar-refractivity contribution in [1.82, 2.24) is 9.97 Å². The highest BCUT2D eigenvalue weighted by Crippen LogP contribution is 2.28. The second kappa shape index (κ2) is 4.30. The lowest BCUT2D eigenvalue weighted by atomic mass is 9.90. The Morgan fingerprint density at radius 2 is 2.00 bits per heavy atom. The molecular formula is C15H15N3. The third-order valence-electron chi connectivity index (χ3n) is 3.57. The van der Waals surface area contributed by atoms with E-state index in [1.165, 1.54) is 30.4 Å². The Kier molecular flexibility index (Phi) is 2.64. The summed E-state index contributed by atoms with van der Waals surface area (Å²) in [6, 6.07) is 8.65. The van der Waals surface area contributed by atoms with Crippen molar-refractivity contribution in [3.8, 4) is 17.3 Å². The van der Waals surface area contributed by atoms with Gasteiger partial charge in [0.15, 0.2) is 5.69 Å². The number of aromatic amines is 1. The highest BCUT2D eigenvalue weighted by Gasteiger charge is 2.14. The zero-order valence-electron chi connectivity index (χ0n) is 10.5. The van der Waals surface area contributed by atoms with Gasteiger partial charge in [0.2, 0.25) is 0 Å². The molecule has 3 heteroatoms. The molecule has 0 bridgehead atoms. The average molecular weight is 237 g/mol. The van der Waals surface area contributed by atoms with Crippen LogP contribution < -0.4 is 0 Å². The molecule has 0 atom stereocenters. The second-order valence-electron chi connectivity index (χ2n) is 4.85. The van der Waals surface area contributed by atoms with Crippen molar-refractivity contribution in [3.05, 3.63) is 40.8 Å². The minimum atomic E-state index is 0.489. The van der Waals surface area contributed by atoms with E-state index in [2.05, 4.69) is 34.2 Å². The number of aromatic nitrogens is 2. The Bertz CT molecular complexity index is 632. The summed E-state index contributed by atoms with van der Waals surface area (Å²) in [6.07, 6.45) is 4.89. The molecule has 0 saturated heterocycles. The van der Waals surface area contributed by atoms with Crippen LogP contribution in [0.1, 0.15) is 35.5 Å². The van der Waals surface area contributed by atoms with E-state index >= 15 is 0 Å². The van der Waals surface area contributed by atoms with Gasteiger partial charge < -0.3 is 4.98 Å². The summed E-state index contributed by atoms with van der Waals surface area (Å²) in [4.78, 5) is 7.39. The number of benzene rings is 1. The molecule has 0 aliphatic heterocycles. The Labute approximate surface area is 106 Å². The lowest BCUT2D eigenvalue weighted by Crippen LogP contribution is -2.02. The average Bonchev–Trinajstić information content (AvgIpc) is 2.79. The first kappa shape index (κ1) is 11.0. The van der Waals surface area contributed by atoms with E-state index in [9.17, 15) is 0 Å². The Morgan fingerprint density at radius 3 is 2.78 bits per heavy atom. The highest BCUT2D eigenvalue weighted by molar-refractivity contribution is 5.66. The molecular weight excluding hydrogens is 222 g/mol. The molecule has 1 aliphatic carbocycles. The van der Waals surface area contributed by atoms with E-state index < -0.39 is 0 Å². The number of hydrogen-bond donors (Lipinski definition) is 1. The van der Waals surface area contributed by atoms with Gasteiger partial charge in [0.05, 0.1) is 5.69 Å². The fraction of sp³-hybridized carbons (Fsp3) is 0.333. The number of fused-ring (bicyclic) bond motifs is 1. The van der Waals surface area contributed by atoms with Gasteiger partial charge in [0, 0.05) is 5.56 Å². The number of nitrogens with one attached hydrogen (secondary N) is 1. The summed E-state index contributed by atoms with van der Waals surface area (Å²) in [6.45, 7) is 1.88. The smallest absolute Gasteiger partial charge is 0.166 e. The van der Waals surface area contributed by atoms with Crippen LogP contribution >= 0.6 is 0 Å². The van der Waals surface area contributed by atoms with Crippen molar-refractivity contribution < 1.29 is 0 Å². The maximum absolute atomic E-state index is 9.10. The van der Waals surface area contributed by atoms with Gasteiger partial charge in [-0.05, 0) is 49.8 Å². The van der Waals surface area contributed by atoms with Gasteiger partial charge in [0.25, 0.3) is 0 Å². The Morgan fingerprint density at radius 1 is 1.22 bits per heavy atom. The molecule has 0 saturated carbocycles. The predicted octanol–water partition coefficient (Wildman–Crippen LogP) is 3.14. The van der Waals surface area contributed by atoms with Crippen molar-refractivity contribution in [2.45, 2.75) is 32.6 Å². The quantitative estimate of drug-likeness (QED) is 0.828. The molecule has 3 nitrogen and oxygen atoms in total.